The van der Waals surface area contributed by atoms with Crippen molar-refractivity contribution in [1.29, 1.82) is 0 Å². The Kier molecular flexibility index (Phi) is 4.44. The van der Waals surface area contributed by atoms with E-state index in [0.29, 0.717) is 0 Å². The normalized spacial score (nSPS) is 18.9. The summed E-state index contributed by atoms with van der Waals surface area (Å²) in [6.07, 6.45) is -3.75. The van der Waals surface area contributed by atoms with Crippen LogP contribution >= 0.6 is 11.8 Å². The lowest BCUT2D eigenvalue weighted by Gasteiger charge is -2.17. The summed E-state index contributed by atoms with van der Waals surface area (Å²) < 4.78 is 38.6. The van der Waals surface area contributed by atoms with Gasteiger partial charge in [0.2, 0.25) is 0 Å². The number of carbonyl (C=O) groups excluding carboxylic acids is 1. The number of anilines is 1. The van der Waals surface area contributed by atoms with Crippen LogP contribution in [0.1, 0.15) is 22.3 Å². The van der Waals surface area contributed by atoms with Crippen LogP contribution in [0.4, 0.5) is 18.9 Å². The lowest BCUT2D eigenvalue weighted by Crippen LogP contribution is -2.35. The van der Waals surface area contributed by atoms with Crippen molar-refractivity contribution in [2.24, 2.45) is 5.84 Å². The van der Waals surface area contributed by atoms with Crippen LogP contribution in [0.3, 0.4) is 0 Å². The maximum absolute atomic E-state index is 12.9. The molecule has 1 aliphatic rings. The number of hydrogen-bond donors (Lipinski definition) is 3. The fraction of sp³-hybridized carbons (Fsp3) is 0.417. The molecule has 4 N–H and O–H groups in total. The summed E-state index contributed by atoms with van der Waals surface area (Å²) in [5.41, 5.74) is 0.542. The molecule has 2 rings (SSSR count). The molecule has 4 nitrogen and oxygen atoms in total. The summed E-state index contributed by atoms with van der Waals surface area (Å²) in [5, 5.41) is 2.73. The summed E-state index contributed by atoms with van der Waals surface area (Å²) >= 11 is 1.70. The highest BCUT2D eigenvalue weighted by atomic mass is 32.2. The summed E-state index contributed by atoms with van der Waals surface area (Å²) in [6.45, 7) is 0. The number of alkyl halides is 3. The highest BCUT2D eigenvalue weighted by Gasteiger charge is 2.35. The molecule has 1 heterocycles. The third-order valence-electron chi connectivity index (χ3n) is 3.02. The number of thioether (sulfide) groups is 1. The molecule has 1 saturated heterocycles. The molecule has 20 heavy (non-hydrogen) atoms. The second-order valence-corrected chi connectivity index (χ2v) is 5.55. The Labute approximate surface area is 118 Å². The van der Waals surface area contributed by atoms with Crippen molar-refractivity contribution < 1.29 is 18.0 Å². The zero-order valence-electron chi connectivity index (χ0n) is 10.5. The van der Waals surface area contributed by atoms with Gasteiger partial charge in [-0.25, -0.2) is 0 Å². The molecular formula is C12H14F3N3OS. The summed E-state index contributed by atoms with van der Waals surface area (Å²) in [4.78, 5) is 12.1. The minimum atomic E-state index is -4.57. The number of hydrazine groups is 1. The van der Waals surface area contributed by atoms with Gasteiger partial charge in [0.05, 0.1) is 16.8 Å². The van der Waals surface area contributed by atoms with Gasteiger partial charge in [-0.2, -0.15) is 24.9 Å². The minimum absolute atomic E-state index is 0.00679. The third-order valence-corrected chi connectivity index (χ3v) is 4.19. The van der Waals surface area contributed by atoms with E-state index < -0.39 is 23.3 Å². The molecule has 1 amide bonds. The standard InChI is InChI=1S/C12H14F3N3OS/c13-12(14,15)9-3-1-2-8(10(9)18-16)11(19)17-7-4-5-20-6-7/h1-3,7,18H,4-6,16H2,(H,17,19). The fourth-order valence-electron chi connectivity index (χ4n) is 2.04. The Morgan fingerprint density at radius 3 is 2.70 bits per heavy atom. The first kappa shape index (κ1) is 15.0. The lowest BCUT2D eigenvalue weighted by atomic mass is 10.1. The second kappa shape index (κ2) is 5.92. The second-order valence-electron chi connectivity index (χ2n) is 4.40. The number of nitrogens with two attached hydrogens (primary N) is 1. The van der Waals surface area contributed by atoms with Crippen molar-refractivity contribution in [3.8, 4) is 0 Å². The number of rotatable bonds is 3. The Balaban J connectivity index is 2.28. The first-order valence-corrected chi connectivity index (χ1v) is 7.14. The van der Waals surface area contributed by atoms with Crippen LogP contribution < -0.4 is 16.6 Å². The average Bonchev–Trinajstić information content (AvgIpc) is 2.89. The van der Waals surface area contributed by atoms with Crippen LogP contribution in [0.25, 0.3) is 0 Å². The van der Waals surface area contributed by atoms with Gasteiger partial charge in [0, 0.05) is 11.8 Å². The number of nitrogen functional groups attached to an aromatic ring is 1. The Morgan fingerprint density at radius 1 is 1.40 bits per heavy atom. The smallest absolute Gasteiger partial charge is 0.348 e. The van der Waals surface area contributed by atoms with Gasteiger partial charge in [-0.15, -0.1) is 0 Å². The molecule has 1 atom stereocenters. The highest BCUT2D eigenvalue weighted by molar-refractivity contribution is 7.99. The zero-order valence-corrected chi connectivity index (χ0v) is 11.3. The summed E-state index contributed by atoms with van der Waals surface area (Å²) in [7, 11) is 0. The molecule has 1 aliphatic heterocycles. The average molecular weight is 305 g/mol. The summed E-state index contributed by atoms with van der Waals surface area (Å²) in [5.74, 6) is 6.33. The molecule has 1 fully saturated rings. The molecule has 110 valence electrons. The van der Waals surface area contributed by atoms with E-state index in [0.717, 1.165) is 24.0 Å². The number of halogens is 3. The van der Waals surface area contributed by atoms with Crippen molar-refractivity contribution in [2.45, 2.75) is 18.6 Å². The quantitative estimate of drug-likeness (QED) is 0.592. The fourth-order valence-corrected chi connectivity index (χ4v) is 3.20. The van der Waals surface area contributed by atoms with Gasteiger partial charge in [0.15, 0.2) is 0 Å². The zero-order chi connectivity index (χ0) is 14.8. The molecule has 0 saturated carbocycles. The monoisotopic (exact) mass is 305 g/mol. The minimum Gasteiger partial charge on any atom is -0.348 e. The van der Waals surface area contributed by atoms with E-state index in [1.807, 2.05) is 5.43 Å². The van der Waals surface area contributed by atoms with Crippen LogP contribution in [0.2, 0.25) is 0 Å². The van der Waals surface area contributed by atoms with Crippen molar-refractivity contribution in [3.05, 3.63) is 29.3 Å². The van der Waals surface area contributed by atoms with Gasteiger partial charge in [-0.05, 0) is 24.3 Å². The van der Waals surface area contributed by atoms with Crippen molar-refractivity contribution in [3.63, 3.8) is 0 Å². The predicted octanol–water partition coefficient (Wildman–Crippen LogP) is 2.23. The van der Waals surface area contributed by atoms with E-state index in [-0.39, 0.29) is 11.6 Å². The lowest BCUT2D eigenvalue weighted by molar-refractivity contribution is -0.137. The highest BCUT2D eigenvalue weighted by Crippen LogP contribution is 2.36. The van der Waals surface area contributed by atoms with Gasteiger partial charge < -0.3 is 10.7 Å². The van der Waals surface area contributed by atoms with Crippen LogP contribution in [0, 0.1) is 0 Å². The molecule has 1 unspecified atom stereocenters. The Morgan fingerprint density at radius 2 is 2.15 bits per heavy atom. The maximum Gasteiger partial charge on any atom is 0.418 e. The van der Waals surface area contributed by atoms with Crippen LogP contribution in [-0.2, 0) is 6.18 Å². The molecule has 8 heteroatoms. The Bertz CT molecular complexity index is 501. The van der Waals surface area contributed by atoms with Gasteiger partial charge in [-0.3, -0.25) is 10.6 Å². The molecule has 0 aliphatic carbocycles. The van der Waals surface area contributed by atoms with E-state index in [1.54, 1.807) is 11.8 Å². The SMILES string of the molecule is NNc1c(C(=O)NC2CCSC2)cccc1C(F)(F)F. The molecule has 1 aromatic rings. The number of nitrogens with one attached hydrogen (secondary N) is 2. The van der Waals surface area contributed by atoms with Gasteiger partial charge in [0.25, 0.3) is 5.91 Å². The molecule has 0 radical (unpaired) electrons. The van der Waals surface area contributed by atoms with Gasteiger partial charge in [0.1, 0.15) is 0 Å². The number of benzene rings is 1. The van der Waals surface area contributed by atoms with E-state index in [1.165, 1.54) is 12.1 Å². The molecule has 1 aromatic carbocycles. The first-order chi connectivity index (χ1) is 9.43. The van der Waals surface area contributed by atoms with Crippen molar-refractivity contribution >= 4 is 23.4 Å². The van der Waals surface area contributed by atoms with Gasteiger partial charge in [-0.1, -0.05) is 6.07 Å². The predicted molar refractivity (Wildman–Crippen MR) is 72.5 cm³/mol. The van der Waals surface area contributed by atoms with Crippen LogP contribution in [-0.4, -0.2) is 23.5 Å². The molecular weight excluding hydrogens is 291 g/mol. The molecule has 0 aromatic heterocycles. The maximum atomic E-state index is 12.9. The third kappa shape index (κ3) is 3.18. The van der Waals surface area contributed by atoms with Crippen LogP contribution in [0.15, 0.2) is 18.2 Å². The van der Waals surface area contributed by atoms with Gasteiger partial charge >= 0.3 is 6.18 Å². The number of carbonyl (C=O) groups is 1. The van der Waals surface area contributed by atoms with Crippen molar-refractivity contribution in [1.82, 2.24) is 5.32 Å². The summed E-state index contributed by atoms with van der Waals surface area (Å²) in [6, 6.07) is 3.40. The van der Waals surface area contributed by atoms with E-state index in [2.05, 4.69) is 5.32 Å². The van der Waals surface area contributed by atoms with Crippen LogP contribution in [0.5, 0.6) is 0 Å². The number of amides is 1. The molecule has 0 bridgehead atoms. The number of hydrogen-bond acceptors (Lipinski definition) is 4. The van der Waals surface area contributed by atoms with E-state index >= 15 is 0 Å². The first-order valence-electron chi connectivity index (χ1n) is 5.99. The van der Waals surface area contributed by atoms with Crippen molar-refractivity contribution in [2.75, 3.05) is 16.9 Å². The number of para-hydroxylation sites is 1. The largest absolute Gasteiger partial charge is 0.418 e. The van der Waals surface area contributed by atoms with E-state index in [4.69, 9.17) is 5.84 Å². The molecule has 0 spiro atoms. The topological polar surface area (TPSA) is 67.1 Å². The Hall–Kier alpha value is -1.41. The van der Waals surface area contributed by atoms with E-state index in [9.17, 15) is 18.0 Å².